The number of carbonyl (C=O) groups excluding carboxylic acids is 1. The summed E-state index contributed by atoms with van der Waals surface area (Å²) >= 11 is 0. The van der Waals surface area contributed by atoms with Crippen LogP contribution in [0.2, 0.25) is 0 Å². The first-order valence-electron chi connectivity index (χ1n) is 7.56. The molecule has 0 spiro atoms. The Morgan fingerprint density at radius 3 is 2.86 bits per heavy atom. The highest BCUT2D eigenvalue weighted by Crippen LogP contribution is 2.31. The van der Waals surface area contributed by atoms with Gasteiger partial charge in [-0.25, -0.2) is 0 Å². The van der Waals surface area contributed by atoms with Crippen molar-refractivity contribution in [2.24, 2.45) is 5.92 Å². The minimum absolute atomic E-state index is 0.0277. The molecular weight excluding hydrogens is 280 g/mol. The number of aromatic nitrogens is 1. The van der Waals surface area contributed by atoms with Gasteiger partial charge < -0.3 is 14.8 Å². The van der Waals surface area contributed by atoms with Gasteiger partial charge in [-0.3, -0.25) is 9.78 Å². The van der Waals surface area contributed by atoms with Crippen molar-refractivity contribution in [1.82, 2.24) is 10.3 Å². The van der Waals surface area contributed by atoms with Gasteiger partial charge in [0, 0.05) is 24.4 Å². The third-order valence-corrected chi connectivity index (χ3v) is 4.29. The average molecular weight is 300 g/mol. The monoisotopic (exact) mass is 300 g/mol. The van der Waals surface area contributed by atoms with Crippen LogP contribution in [0.5, 0.6) is 0 Å². The van der Waals surface area contributed by atoms with Crippen LogP contribution in [0.3, 0.4) is 0 Å². The van der Waals surface area contributed by atoms with Crippen LogP contribution in [0.25, 0.3) is 0 Å². The first kappa shape index (κ1) is 14.8. The fourth-order valence-corrected chi connectivity index (χ4v) is 2.90. The van der Waals surface area contributed by atoms with E-state index in [1.54, 1.807) is 19.2 Å². The number of furan rings is 1. The predicted molar refractivity (Wildman–Crippen MR) is 81.4 cm³/mol. The number of pyridine rings is 1. The number of aliphatic hydroxyl groups is 1. The predicted octanol–water partition coefficient (Wildman–Crippen LogP) is 2.10. The van der Waals surface area contributed by atoms with Crippen LogP contribution in [0.4, 0.5) is 0 Å². The molecule has 116 valence electrons. The number of carbonyl (C=O) groups is 1. The number of aryl methyl sites for hydroxylation is 1. The number of nitrogens with one attached hydrogen (secondary N) is 1. The molecule has 1 aliphatic rings. The van der Waals surface area contributed by atoms with Gasteiger partial charge in [-0.1, -0.05) is 6.07 Å². The zero-order chi connectivity index (χ0) is 15.5. The Balaban J connectivity index is 1.71. The molecule has 5 nitrogen and oxygen atoms in total. The minimum atomic E-state index is -0.246. The molecule has 2 aromatic rings. The number of nitrogens with zero attached hydrogens (tertiary/aromatic N) is 1. The summed E-state index contributed by atoms with van der Waals surface area (Å²) in [5, 5.41) is 12.6. The summed E-state index contributed by atoms with van der Waals surface area (Å²) in [5.41, 5.74) is 1.50. The van der Waals surface area contributed by atoms with E-state index in [9.17, 15) is 9.90 Å². The van der Waals surface area contributed by atoms with Gasteiger partial charge in [0.15, 0.2) is 0 Å². The van der Waals surface area contributed by atoms with Crippen molar-refractivity contribution in [2.45, 2.75) is 38.3 Å². The molecule has 1 unspecified atom stereocenters. The van der Waals surface area contributed by atoms with E-state index in [0.29, 0.717) is 17.7 Å². The lowest BCUT2D eigenvalue weighted by molar-refractivity contribution is 0.0237. The highest BCUT2D eigenvalue weighted by molar-refractivity contribution is 5.95. The summed E-state index contributed by atoms with van der Waals surface area (Å²) in [5.74, 6) is 0.768. The van der Waals surface area contributed by atoms with E-state index >= 15 is 0 Å². The van der Waals surface area contributed by atoms with Crippen LogP contribution in [-0.4, -0.2) is 28.1 Å². The Labute approximate surface area is 129 Å². The van der Waals surface area contributed by atoms with Crippen molar-refractivity contribution in [1.29, 1.82) is 0 Å². The molecular formula is C17H20N2O3. The SMILES string of the molecule is Cc1occc1C(=O)NC(Cc1ccccn1)C1CC(O)C1. The molecule has 0 radical (unpaired) electrons. The van der Waals surface area contributed by atoms with Crippen LogP contribution < -0.4 is 5.32 Å². The Kier molecular flexibility index (Phi) is 4.24. The van der Waals surface area contributed by atoms with Gasteiger partial charge in [0.25, 0.3) is 5.91 Å². The zero-order valence-corrected chi connectivity index (χ0v) is 12.5. The lowest BCUT2D eigenvalue weighted by atomic mass is 9.76. The van der Waals surface area contributed by atoms with Crippen LogP contribution in [0.1, 0.15) is 34.7 Å². The fourth-order valence-electron chi connectivity index (χ4n) is 2.90. The molecule has 1 atom stereocenters. The molecule has 0 bridgehead atoms. The Hall–Kier alpha value is -2.14. The Morgan fingerprint density at radius 2 is 2.27 bits per heavy atom. The summed E-state index contributed by atoms with van der Waals surface area (Å²) in [7, 11) is 0. The summed E-state index contributed by atoms with van der Waals surface area (Å²) in [6, 6.07) is 7.42. The molecule has 1 amide bonds. The normalized spacial score (nSPS) is 21.9. The van der Waals surface area contributed by atoms with Crippen molar-refractivity contribution in [3.8, 4) is 0 Å². The van der Waals surface area contributed by atoms with Gasteiger partial charge in [0.2, 0.25) is 0 Å². The van der Waals surface area contributed by atoms with Crippen LogP contribution >= 0.6 is 0 Å². The fraction of sp³-hybridized carbons (Fsp3) is 0.412. The van der Waals surface area contributed by atoms with Crippen molar-refractivity contribution in [3.63, 3.8) is 0 Å². The largest absolute Gasteiger partial charge is 0.469 e. The van der Waals surface area contributed by atoms with E-state index in [4.69, 9.17) is 4.42 Å². The van der Waals surface area contributed by atoms with Crippen molar-refractivity contribution < 1.29 is 14.3 Å². The quantitative estimate of drug-likeness (QED) is 0.886. The van der Waals surface area contributed by atoms with E-state index < -0.39 is 0 Å². The Morgan fingerprint density at radius 1 is 1.45 bits per heavy atom. The molecule has 0 aromatic carbocycles. The smallest absolute Gasteiger partial charge is 0.255 e. The molecule has 1 fully saturated rings. The number of rotatable bonds is 5. The van der Waals surface area contributed by atoms with Crippen molar-refractivity contribution >= 4 is 5.91 Å². The van der Waals surface area contributed by atoms with Gasteiger partial charge in [-0.15, -0.1) is 0 Å². The van der Waals surface area contributed by atoms with Crippen LogP contribution in [-0.2, 0) is 6.42 Å². The topological polar surface area (TPSA) is 75.4 Å². The van der Waals surface area contributed by atoms with E-state index in [-0.39, 0.29) is 24.0 Å². The average Bonchev–Trinajstić information content (AvgIpc) is 2.91. The highest BCUT2D eigenvalue weighted by atomic mass is 16.3. The lowest BCUT2D eigenvalue weighted by Gasteiger charge is -2.38. The maximum atomic E-state index is 12.4. The number of hydrogen-bond donors (Lipinski definition) is 2. The van der Waals surface area contributed by atoms with E-state index in [2.05, 4.69) is 10.3 Å². The molecule has 0 aliphatic heterocycles. The van der Waals surface area contributed by atoms with Crippen LogP contribution in [0.15, 0.2) is 41.1 Å². The number of amides is 1. The first-order chi connectivity index (χ1) is 10.6. The summed E-state index contributed by atoms with van der Waals surface area (Å²) in [6.45, 7) is 1.77. The molecule has 1 aliphatic carbocycles. The van der Waals surface area contributed by atoms with Crippen molar-refractivity contribution in [2.75, 3.05) is 0 Å². The minimum Gasteiger partial charge on any atom is -0.469 e. The molecule has 2 aromatic heterocycles. The van der Waals surface area contributed by atoms with Gasteiger partial charge in [0.1, 0.15) is 5.76 Å². The second-order valence-electron chi connectivity index (χ2n) is 5.88. The van der Waals surface area contributed by atoms with E-state index in [1.165, 1.54) is 6.26 Å². The highest BCUT2D eigenvalue weighted by Gasteiger charge is 2.35. The van der Waals surface area contributed by atoms with Crippen LogP contribution in [0, 0.1) is 12.8 Å². The standard InChI is InChI=1S/C17H20N2O3/c1-11-15(5-7-22-11)17(21)19-16(12-8-14(20)9-12)10-13-4-2-3-6-18-13/h2-7,12,14,16,20H,8-10H2,1H3,(H,19,21). The third kappa shape index (κ3) is 3.20. The summed E-state index contributed by atoms with van der Waals surface area (Å²) in [4.78, 5) is 16.7. The zero-order valence-electron chi connectivity index (χ0n) is 12.5. The van der Waals surface area contributed by atoms with Gasteiger partial charge in [-0.05, 0) is 43.9 Å². The second kappa shape index (κ2) is 6.32. The molecule has 2 N–H and O–H groups in total. The molecule has 22 heavy (non-hydrogen) atoms. The summed E-state index contributed by atoms with van der Waals surface area (Å²) < 4.78 is 5.19. The molecule has 1 saturated carbocycles. The van der Waals surface area contributed by atoms with Gasteiger partial charge in [0.05, 0.1) is 17.9 Å². The van der Waals surface area contributed by atoms with Crippen molar-refractivity contribution in [3.05, 3.63) is 53.7 Å². The molecule has 3 rings (SSSR count). The molecule has 0 saturated heterocycles. The molecule has 2 heterocycles. The van der Waals surface area contributed by atoms with Gasteiger partial charge >= 0.3 is 0 Å². The Bertz CT molecular complexity index is 632. The van der Waals surface area contributed by atoms with Gasteiger partial charge in [-0.2, -0.15) is 0 Å². The number of aliphatic hydroxyl groups excluding tert-OH is 1. The molecule has 5 heteroatoms. The maximum absolute atomic E-state index is 12.4. The maximum Gasteiger partial charge on any atom is 0.255 e. The van der Waals surface area contributed by atoms with E-state index in [1.807, 2.05) is 18.2 Å². The third-order valence-electron chi connectivity index (χ3n) is 4.29. The lowest BCUT2D eigenvalue weighted by Crippen LogP contribution is -2.48. The number of hydrogen-bond acceptors (Lipinski definition) is 4. The second-order valence-corrected chi connectivity index (χ2v) is 5.88. The first-order valence-corrected chi connectivity index (χ1v) is 7.56. The van der Waals surface area contributed by atoms with E-state index in [0.717, 1.165) is 18.5 Å². The summed E-state index contributed by atoms with van der Waals surface area (Å²) in [6.07, 6.45) is 5.14.